The summed E-state index contributed by atoms with van der Waals surface area (Å²) in [4.78, 5) is 0. The zero-order valence-corrected chi connectivity index (χ0v) is 8.41. The van der Waals surface area contributed by atoms with Crippen molar-refractivity contribution in [3.8, 4) is 5.75 Å². The van der Waals surface area contributed by atoms with Crippen LogP contribution in [0.3, 0.4) is 0 Å². The summed E-state index contributed by atoms with van der Waals surface area (Å²) in [5.41, 5.74) is 5.99. The molecule has 0 unspecified atom stereocenters. The Morgan fingerprint density at radius 3 is 3.00 bits per heavy atom. The molecule has 2 aromatic rings. The molecular weight excluding hydrogens is 192 g/mol. The minimum Gasteiger partial charge on any atom is -0.490 e. The first kappa shape index (κ1) is 9.58. The third-order valence-corrected chi connectivity index (χ3v) is 2.07. The predicted octanol–water partition coefficient (Wildman–Crippen LogP) is 2.12. The van der Waals surface area contributed by atoms with Gasteiger partial charge in [-0.3, -0.25) is 5.41 Å². The Hall–Kier alpha value is -1.97. The van der Waals surface area contributed by atoms with Crippen molar-refractivity contribution in [2.45, 2.75) is 6.92 Å². The lowest BCUT2D eigenvalue weighted by Crippen LogP contribution is -2.09. The minimum absolute atomic E-state index is 0.0753. The number of furan rings is 1. The molecule has 2 rings (SSSR count). The van der Waals surface area contributed by atoms with Crippen LogP contribution in [0.15, 0.2) is 28.7 Å². The van der Waals surface area contributed by atoms with Gasteiger partial charge in [0.25, 0.3) is 0 Å². The van der Waals surface area contributed by atoms with Gasteiger partial charge in [-0.2, -0.15) is 0 Å². The second-order valence-electron chi connectivity index (χ2n) is 3.13. The second-order valence-corrected chi connectivity index (χ2v) is 3.13. The monoisotopic (exact) mass is 204 g/mol. The summed E-state index contributed by atoms with van der Waals surface area (Å²) in [5.74, 6) is 0.980. The molecule has 0 radical (unpaired) electrons. The van der Waals surface area contributed by atoms with Crippen molar-refractivity contribution < 1.29 is 9.15 Å². The largest absolute Gasteiger partial charge is 0.490 e. The summed E-state index contributed by atoms with van der Waals surface area (Å²) in [5, 5.41) is 8.18. The van der Waals surface area contributed by atoms with Crippen LogP contribution < -0.4 is 10.5 Å². The summed E-state index contributed by atoms with van der Waals surface area (Å²) in [6.07, 6.45) is 0. The molecule has 4 heteroatoms. The van der Waals surface area contributed by atoms with E-state index >= 15 is 0 Å². The first-order chi connectivity index (χ1) is 7.22. The molecule has 1 aromatic carbocycles. The van der Waals surface area contributed by atoms with Crippen molar-refractivity contribution in [3.63, 3.8) is 0 Å². The molecule has 3 N–H and O–H groups in total. The van der Waals surface area contributed by atoms with Gasteiger partial charge in [0.05, 0.1) is 6.61 Å². The highest BCUT2D eigenvalue weighted by atomic mass is 16.5. The highest BCUT2D eigenvalue weighted by Crippen LogP contribution is 2.28. The van der Waals surface area contributed by atoms with E-state index in [0.717, 1.165) is 5.39 Å². The third-order valence-electron chi connectivity index (χ3n) is 2.07. The summed E-state index contributed by atoms with van der Waals surface area (Å²) in [7, 11) is 0. The Bertz CT molecular complexity index is 502. The Kier molecular flexibility index (Phi) is 2.33. The molecule has 0 saturated heterocycles. The van der Waals surface area contributed by atoms with Crippen molar-refractivity contribution in [3.05, 3.63) is 30.0 Å². The van der Waals surface area contributed by atoms with Crippen LogP contribution in [-0.4, -0.2) is 12.4 Å². The van der Waals surface area contributed by atoms with E-state index in [1.165, 1.54) is 0 Å². The fourth-order valence-electron chi connectivity index (χ4n) is 1.44. The molecule has 4 nitrogen and oxygen atoms in total. The van der Waals surface area contributed by atoms with Crippen LogP contribution in [0.4, 0.5) is 0 Å². The Morgan fingerprint density at radius 1 is 1.53 bits per heavy atom. The van der Waals surface area contributed by atoms with Crippen molar-refractivity contribution in [2.75, 3.05) is 6.61 Å². The highest BCUT2D eigenvalue weighted by Gasteiger charge is 2.09. The van der Waals surface area contributed by atoms with Gasteiger partial charge in [0.1, 0.15) is 0 Å². The molecule has 15 heavy (non-hydrogen) atoms. The van der Waals surface area contributed by atoms with Crippen molar-refractivity contribution in [1.29, 1.82) is 5.41 Å². The van der Waals surface area contributed by atoms with Gasteiger partial charge in [-0.15, -0.1) is 0 Å². The number of hydrogen-bond acceptors (Lipinski definition) is 3. The quantitative estimate of drug-likeness (QED) is 0.594. The SMILES string of the molecule is CCOc1cccc2cc(C(=N)N)oc12. The molecule has 1 aromatic heterocycles. The molecule has 0 aliphatic rings. The number of ether oxygens (including phenoxy) is 1. The normalized spacial score (nSPS) is 10.5. The van der Waals surface area contributed by atoms with E-state index in [1.54, 1.807) is 6.07 Å². The van der Waals surface area contributed by atoms with E-state index in [0.29, 0.717) is 23.7 Å². The number of benzene rings is 1. The number of nitrogens with one attached hydrogen (secondary N) is 1. The topological polar surface area (TPSA) is 72.2 Å². The number of para-hydroxylation sites is 1. The van der Waals surface area contributed by atoms with Gasteiger partial charge >= 0.3 is 0 Å². The van der Waals surface area contributed by atoms with Crippen LogP contribution >= 0.6 is 0 Å². The van der Waals surface area contributed by atoms with Crippen LogP contribution in [-0.2, 0) is 0 Å². The predicted molar refractivity (Wildman–Crippen MR) is 58.4 cm³/mol. The fraction of sp³-hybridized carbons (Fsp3) is 0.182. The van der Waals surface area contributed by atoms with Crippen LogP contribution in [0.2, 0.25) is 0 Å². The maximum absolute atomic E-state index is 7.28. The Balaban J connectivity index is 2.59. The second kappa shape index (κ2) is 3.65. The van der Waals surface area contributed by atoms with E-state index in [1.807, 2.05) is 25.1 Å². The number of nitrogens with two attached hydrogens (primary N) is 1. The van der Waals surface area contributed by atoms with Crippen LogP contribution in [0.1, 0.15) is 12.7 Å². The lowest BCUT2D eigenvalue weighted by atomic mass is 10.2. The van der Waals surface area contributed by atoms with Crippen molar-refractivity contribution in [1.82, 2.24) is 0 Å². The van der Waals surface area contributed by atoms with E-state index in [4.69, 9.17) is 20.3 Å². The average Bonchev–Trinajstić information content (AvgIpc) is 2.63. The van der Waals surface area contributed by atoms with E-state index < -0.39 is 0 Å². The minimum atomic E-state index is -0.0753. The molecule has 1 heterocycles. The number of amidine groups is 1. The fourth-order valence-corrected chi connectivity index (χ4v) is 1.44. The number of fused-ring (bicyclic) bond motifs is 1. The molecule has 0 amide bonds. The smallest absolute Gasteiger partial charge is 0.176 e. The average molecular weight is 204 g/mol. The molecule has 0 spiro atoms. The van der Waals surface area contributed by atoms with Gasteiger partial charge in [-0.25, -0.2) is 0 Å². The number of nitrogen functional groups attached to an aromatic ring is 1. The molecule has 0 saturated carbocycles. The summed E-state index contributed by atoms with van der Waals surface area (Å²) < 4.78 is 10.8. The van der Waals surface area contributed by atoms with Crippen molar-refractivity contribution in [2.24, 2.45) is 5.73 Å². The van der Waals surface area contributed by atoms with Gasteiger partial charge in [0, 0.05) is 5.39 Å². The maximum Gasteiger partial charge on any atom is 0.176 e. The maximum atomic E-state index is 7.28. The Morgan fingerprint density at radius 2 is 2.33 bits per heavy atom. The molecule has 78 valence electrons. The molecular formula is C11H12N2O2. The zero-order valence-electron chi connectivity index (χ0n) is 8.41. The molecule has 0 bridgehead atoms. The third kappa shape index (κ3) is 1.66. The van der Waals surface area contributed by atoms with E-state index in [-0.39, 0.29) is 5.84 Å². The first-order valence-electron chi connectivity index (χ1n) is 4.72. The zero-order chi connectivity index (χ0) is 10.8. The first-order valence-corrected chi connectivity index (χ1v) is 4.72. The summed E-state index contributed by atoms with van der Waals surface area (Å²) >= 11 is 0. The summed E-state index contributed by atoms with van der Waals surface area (Å²) in [6, 6.07) is 7.35. The highest BCUT2D eigenvalue weighted by molar-refractivity contribution is 5.97. The lowest BCUT2D eigenvalue weighted by molar-refractivity contribution is 0.338. The van der Waals surface area contributed by atoms with E-state index in [2.05, 4.69) is 0 Å². The van der Waals surface area contributed by atoms with E-state index in [9.17, 15) is 0 Å². The molecule has 0 fully saturated rings. The van der Waals surface area contributed by atoms with Crippen molar-refractivity contribution >= 4 is 16.8 Å². The van der Waals surface area contributed by atoms with Crippen LogP contribution in [0.25, 0.3) is 11.0 Å². The summed E-state index contributed by atoms with van der Waals surface area (Å²) in [6.45, 7) is 2.49. The number of rotatable bonds is 3. The van der Waals surface area contributed by atoms with Gasteiger partial charge in [-0.1, -0.05) is 12.1 Å². The molecule has 0 aliphatic heterocycles. The Labute approximate surface area is 87.1 Å². The van der Waals surface area contributed by atoms with Gasteiger partial charge in [0.15, 0.2) is 22.9 Å². The molecule has 0 aliphatic carbocycles. The number of hydrogen-bond donors (Lipinski definition) is 2. The standard InChI is InChI=1S/C11H12N2O2/c1-2-14-8-5-3-4-7-6-9(11(12)13)15-10(7)8/h3-6H,2H2,1H3,(H3,12,13). The lowest BCUT2D eigenvalue weighted by Gasteiger charge is -2.01. The van der Waals surface area contributed by atoms with Crippen LogP contribution in [0.5, 0.6) is 5.75 Å². The molecule has 0 atom stereocenters. The van der Waals surface area contributed by atoms with Gasteiger partial charge < -0.3 is 14.9 Å². The van der Waals surface area contributed by atoms with Gasteiger partial charge in [0.2, 0.25) is 0 Å². The van der Waals surface area contributed by atoms with Crippen LogP contribution in [0, 0.1) is 5.41 Å². The van der Waals surface area contributed by atoms with Gasteiger partial charge in [-0.05, 0) is 19.1 Å².